The highest BCUT2D eigenvalue weighted by Gasteiger charge is 2.52. The zero-order valence-corrected chi connectivity index (χ0v) is 20.2. The standard InChI is InChI=1S/C20H33N5O11/c1-7-12(23-8(2)28)17(18(21)32)35-20(36-22-6-27)16(7)34-19-14(25-10(4)30)13(24-9(3)29)15(31)11(5-26)33-19/h6-7,11-17,19-20,26,31H,5H2,1-4H3,(H2,21,32)(H,22,27)(H,23,28)(H,24,29)(H,25,30). The lowest BCUT2D eigenvalue weighted by Gasteiger charge is -2.49. The molecule has 16 nitrogen and oxygen atoms in total. The third kappa shape index (κ3) is 7.08. The summed E-state index contributed by atoms with van der Waals surface area (Å²) < 4.78 is 17.4. The van der Waals surface area contributed by atoms with Crippen LogP contribution in [0.15, 0.2) is 0 Å². The molecule has 8 N–H and O–H groups in total. The van der Waals surface area contributed by atoms with Crippen LogP contribution in [0.25, 0.3) is 0 Å². The number of aliphatic hydroxyl groups excluding tert-OH is 2. The van der Waals surface area contributed by atoms with Gasteiger partial charge in [0.1, 0.15) is 24.4 Å². The van der Waals surface area contributed by atoms with Crippen molar-refractivity contribution in [1.29, 1.82) is 0 Å². The van der Waals surface area contributed by atoms with Crippen LogP contribution in [-0.2, 0) is 43.0 Å². The maximum atomic E-state index is 12.0. The van der Waals surface area contributed by atoms with Crippen LogP contribution in [0, 0.1) is 5.92 Å². The number of nitrogens with two attached hydrogens (primary N) is 1. The highest BCUT2D eigenvalue weighted by molar-refractivity contribution is 5.81. The second kappa shape index (κ2) is 12.9. The zero-order valence-electron chi connectivity index (χ0n) is 20.2. The smallest absolute Gasteiger partial charge is 0.248 e. The zero-order chi connectivity index (χ0) is 27.2. The predicted molar refractivity (Wildman–Crippen MR) is 117 cm³/mol. The van der Waals surface area contributed by atoms with Crippen LogP contribution >= 0.6 is 0 Å². The molecule has 0 bridgehead atoms. The average molecular weight is 520 g/mol. The molecule has 2 aliphatic rings. The topological polar surface area (TPSA) is 237 Å². The third-order valence-electron chi connectivity index (χ3n) is 5.79. The van der Waals surface area contributed by atoms with Gasteiger partial charge in [0, 0.05) is 26.7 Å². The maximum Gasteiger partial charge on any atom is 0.248 e. The van der Waals surface area contributed by atoms with Crippen LogP contribution in [-0.4, -0.2) is 102 Å². The summed E-state index contributed by atoms with van der Waals surface area (Å²) in [5.74, 6) is -3.26. The first-order valence-electron chi connectivity index (χ1n) is 11.1. The van der Waals surface area contributed by atoms with E-state index < -0.39 is 91.3 Å². The van der Waals surface area contributed by atoms with Crippen LogP contribution in [0.1, 0.15) is 27.7 Å². The molecular weight excluding hydrogens is 486 g/mol. The summed E-state index contributed by atoms with van der Waals surface area (Å²) in [6.45, 7) is 4.54. The fraction of sp³-hybridized carbons (Fsp3) is 0.750. The molecule has 16 heteroatoms. The van der Waals surface area contributed by atoms with E-state index in [-0.39, 0.29) is 6.41 Å². The van der Waals surface area contributed by atoms with Crippen molar-refractivity contribution in [1.82, 2.24) is 21.4 Å². The summed E-state index contributed by atoms with van der Waals surface area (Å²) >= 11 is 0. The molecule has 204 valence electrons. The van der Waals surface area contributed by atoms with Gasteiger partial charge in [0.2, 0.25) is 36.3 Å². The van der Waals surface area contributed by atoms with Gasteiger partial charge in [0.25, 0.3) is 0 Å². The minimum absolute atomic E-state index is 0.201. The van der Waals surface area contributed by atoms with Crippen molar-refractivity contribution in [2.75, 3.05) is 6.61 Å². The Morgan fingerprint density at radius 1 is 0.944 bits per heavy atom. The number of carbonyl (C=O) groups is 5. The second-order valence-corrected chi connectivity index (χ2v) is 8.54. The summed E-state index contributed by atoms with van der Waals surface area (Å²) in [5, 5.41) is 28.0. The Balaban J connectivity index is 2.45. The lowest BCUT2D eigenvalue weighted by molar-refractivity contribution is -0.332. The lowest BCUT2D eigenvalue weighted by Crippen LogP contribution is -2.71. The molecule has 2 rings (SSSR count). The van der Waals surface area contributed by atoms with Gasteiger partial charge in [-0.25, -0.2) is 10.3 Å². The molecule has 0 aromatic carbocycles. The Kier molecular flexibility index (Phi) is 10.5. The number of ether oxygens (including phenoxy) is 3. The monoisotopic (exact) mass is 519 g/mol. The minimum atomic E-state index is -1.45. The number of hydrogen-bond donors (Lipinski definition) is 7. The van der Waals surface area contributed by atoms with Gasteiger partial charge in [0.15, 0.2) is 12.4 Å². The van der Waals surface area contributed by atoms with E-state index in [1.807, 2.05) is 5.48 Å². The van der Waals surface area contributed by atoms with Crippen molar-refractivity contribution < 1.29 is 53.2 Å². The van der Waals surface area contributed by atoms with Crippen molar-refractivity contribution in [2.45, 2.75) is 82.8 Å². The summed E-state index contributed by atoms with van der Waals surface area (Å²) in [4.78, 5) is 63.6. The van der Waals surface area contributed by atoms with E-state index in [9.17, 15) is 34.2 Å². The molecule has 0 aromatic heterocycles. The van der Waals surface area contributed by atoms with E-state index in [0.717, 1.165) is 0 Å². The van der Waals surface area contributed by atoms with Crippen molar-refractivity contribution in [3.8, 4) is 0 Å². The Labute approximate surface area is 206 Å². The molecule has 5 amide bonds. The van der Waals surface area contributed by atoms with E-state index in [1.54, 1.807) is 6.92 Å². The van der Waals surface area contributed by atoms with Crippen LogP contribution in [0.3, 0.4) is 0 Å². The molecule has 2 saturated heterocycles. The number of nitrogens with one attached hydrogen (secondary N) is 4. The first kappa shape index (κ1) is 29.3. The number of carbonyl (C=O) groups excluding carboxylic acids is 5. The lowest BCUT2D eigenvalue weighted by atomic mass is 9.87. The van der Waals surface area contributed by atoms with Crippen LogP contribution < -0.4 is 27.2 Å². The van der Waals surface area contributed by atoms with E-state index in [1.165, 1.54) is 20.8 Å². The fourth-order valence-electron chi connectivity index (χ4n) is 4.27. The molecule has 0 spiro atoms. The fourth-order valence-corrected chi connectivity index (χ4v) is 4.27. The Hall–Kier alpha value is -2.89. The van der Waals surface area contributed by atoms with Gasteiger partial charge < -0.3 is 46.1 Å². The number of amides is 5. The normalized spacial score (nSPS) is 36.3. The number of aliphatic hydroxyl groups is 2. The third-order valence-corrected chi connectivity index (χ3v) is 5.79. The number of primary amides is 1. The quantitative estimate of drug-likeness (QED) is 0.107. The van der Waals surface area contributed by atoms with Crippen LogP contribution in [0.2, 0.25) is 0 Å². The van der Waals surface area contributed by atoms with Crippen molar-refractivity contribution in [3.05, 3.63) is 0 Å². The van der Waals surface area contributed by atoms with Gasteiger partial charge in [-0.15, -0.1) is 0 Å². The van der Waals surface area contributed by atoms with Gasteiger partial charge in [-0.3, -0.25) is 24.0 Å². The van der Waals surface area contributed by atoms with Crippen molar-refractivity contribution in [2.24, 2.45) is 11.7 Å². The van der Waals surface area contributed by atoms with Gasteiger partial charge in [-0.05, 0) is 0 Å². The number of hydroxylamine groups is 1. The largest absolute Gasteiger partial charge is 0.394 e. The number of hydrogen-bond acceptors (Lipinski definition) is 11. The first-order chi connectivity index (χ1) is 16.9. The van der Waals surface area contributed by atoms with Gasteiger partial charge in [-0.1, -0.05) is 6.92 Å². The van der Waals surface area contributed by atoms with Crippen molar-refractivity contribution >= 4 is 30.0 Å². The van der Waals surface area contributed by atoms with Gasteiger partial charge in [-0.2, -0.15) is 0 Å². The van der Waals surface area contributed by atoms with E-state index >= 15 is 0 Å². The summed E-state index contributed by atoms with van der Waals surface area (Å²) in [5.41, 5.74) is 7.39. The van der Waals surface area contributed by atoms with Gasteiger partial charge >= 0.3 is 0 Å². The molecule has 2 fully saturated rings. The molecule has 10 unspecified atom stereocenters. The summed E-state index contributed by atoms with van der Waals surface area (Å²) in [7, 11) is 0. The van der Waals surface area contributed by atoms with Crippen molar-refractivity contribution in [3.63, 3.8) is 0 Å². The molecule has 10 atom stereocenters. The predicted octanol–water partition coefficient (Wildman–Crippen LogP) is -4.51. The molecule has 2 heterocycles. The molecule has 0 aliphatic carbocycles. The van der Waals surface area contributed by atoms with E-state index in [2.05, 4.69) is 16.0 Å². The SMILES string of the molecule is CC(=O)NC1C(C(N)=O)OC(ONC=O)C(OC2OC(CO)C(O)C(NC(C)=O)C2NC(C)=O)C1C. The highest BCUT2D eigenvalue weighted by atomic mass is 16.8. The molecule has 0 saturated carbocycles. The number of rotatable bonds is 10. The highest BCUT2D eigenvalue weighted by Crippen LogP contribution is 2.32. The Bertz CT molecular complexity index is 830. The van der Waals surface area contributed by atoms with E-state index in [4.69, 9.17) is 24.8 Å². The first-order valence-corrected chi connectivity index (χ1v) is 11.1. The molecule has 36 heavy (non-hydrogen) atoms. The molecule has 0 aromatic rings. The summed E-state index contributed by atoms with van der Waals surface area (Å²) in [6.07, 6.45) is -7.86. The van der Waals surface area contributed by atoms with Crippen LogP contribution in [0.4, 0.5) is 0 Å². The van der Waals surface area contributed by atoms with E-state index in [0.29, 0.717) is 0 Å². The Morgan fingerprint density at radius 2 is 1.50 bits per heavy atom. The van der Waals surface area contributed by atoms with Crippen LogP contribution in [0.5, 0.6) is 0 Å². The molecule has 2 aliphatic heterocycles. The summed E-state index contributed by atoms with van der Waals surface area (Å²) in [6, 6.07) is -3.29. The maximum absolute atomic E-state index is 12.0. The minimum Gasteiger partial charge on any atom is -0.394 e. The Morgan fingerprint density at radius 3 is 2.00 bits per heavy atom. The second-order valence-electron chi connectivity index (χ2n) is 8.54. The molecule has 0 radical (unpaired) electrons. The average Bonchev–Trinajstić information content (AvgIpc) is 2.78. The molecular formula is C20H33N5O11. The van der Waals surface area contributed by atoms with Gasteiger partial charge in [0.05, 0.1) is 18.7 Å².